The number of nitrogens with zero attached hydrogens (tertiary/aromatic N) is 2. The molecule has 0 bridgehead atoms. The summed E-state index contributed by atoms with van der Waals surface area (Å²) in [5.41, 5.74) is 0.892. The van der Waals surface area contributed by atoms with E-state index in [0.29, 0.717) is 6.42 Å². The Morgan fingerprint density at radius 2 is 1.86 bits per heavy atom. The van der Waals surface area contributed by atoms with Crippen LogP contribution in [-0.2, 0) is 26.6 Å². The molecular weight excluding hydrogens is 324 g/mol. The van der Waals surface area contributed by atoms with Crippen molar-refractivity contribution in [2.75, 3.05) is 25.1 Å². The minimum absolute atomic E-state index is 0.0616. The molecule has 1 saturated heterocycles. The molecule has 0 amide bonds. The lowest BCUT2D eigenvalue weighted by atomic mass is 10.2. The van der Waals surface area contributed by atoms with E-state index in [1.165, 1.54) is 15.7 Å². The zero-order chi connectivity index (χ0) is 16.4. The molecule has 1 heterocycles. The molecule has 1 atom stereocenters. The second-order valence-corrected chi connectivity index (χ2v) is 9.73. The smallest absolute Gasteiger partial charge is 0.229 e. The van der Waals surface area contributed by atoms with Gasteiger partial charge in [0.25, 0.3) is 10.2 Å². The molecule has 0 unspecified atom stereocenters. The Bertz CT molecular complexity index is 702. The number of rotatable bonds is 6. The fourth-order valence-electron chi connectivity index (χ4n) is 2.71. The van der Waals surface area contributed by atoms with Crippen molar-refractivity contribution in [2.45, 2.75) is 25.9 Å². The zero-order valence-corrected chi connectivity index (χ0v) is 14.5. The predicted octanol–water partition coefficient (Wildman–Crippen LogP) is 0.872. The topological polar surface area (TPSA) is 74.8 Å². The molecule has 0 radical (unpaired) electrons. The molecule has 0 N–H and O–H groups in total. The third-order valence-electron chi connectivity index (χ3n) is 3.87. The van der Waals surface area contributed by atoms with Crippen molar-refractivity contribution in [1.29, 1.82) is 0 Å². The molecule has 124 valence electrons. The molecule has 1 fully saturated rings. The molecule has 1 aliphatic heterocycles. The molecule has 0 aliphatic carbocycles. The first-order chi connectivity index (χ1) is 10.3. The lowest BCUT2D eigenvalue weighted by Crippen LogP contribution is -2.47. The third kappa shape index (κ3) is 3.87. The van der Waals surface area contributed by atoms with Crippen LogP contribution in [0.2, 0.25) is 0 Å². The summed E-state index contributed by atoms with van der Waals surface area (Å²) in [5.74, 6) is -0.0225. The first-order valence-electron chi connectivity index (χ1n) is 7.23. The van der Waals surface area contributed by atoms with Gasteiger partial charge in [-0.2, -0.15) is 17.0 Å². The highest BCUT2D eigenvalue weighted by Crippen LogP contribution is 2.22. The van der Waals surface area contributed by atoms with Crippen molar-refractivity contribution in [3.63, 3.8) is 0 Å². The number of hydrogen-bond donors (Lipinski definition) is 0. The second kappa shape index (κ2) is 6.66. The van der Waals surface area contributed by atoms with E-state index in [4.69, 9.17) is 0 Å². The third-order valence-corrected chi connectivity index (χ3v) is 7.68. The van der Waals surface area contributed by atoms with Crippen LogP contribution in [0.5, 0.6) is 0 Å². The van der Waals surface area contributed by atoms with Crippen LogP contribution in [-0.4, -0.2) is 56.6 Å². The SMILES string of the molecule is CCN([C@H]1CCS(=O)(=O)C1)S(=O)(=O)N(C)Cc1ccccc1. The van der Waals surface area contributed by atoms with Crippen LogP contribution in [0.4, 0.5) is 0 Å². The summed E-state index contributed by atoms with van der Waals surface area (Å²) >= 11 is 0. The minimum Gasteiger partial charge on any atom is -0.229 e. The Morgan fingerprint density at radius 3 is 2.36 bits per heavy atom. The Hall–Kier alpha value is -0.960. The van der Waals surface area contributed by atoms with E-state index in [2.05, 4.69) is 0 Å². The fraction of sp³-hybridized carbons (Fsp3) is 0.571. The van der Waals surface area contributed by atoms with Crippen LogP contribution >= 0.6 is 0 Å². The summed E-state index contributed by atoms with van der Waals surface area (Å²) in [7, 11) is -5.28. The average molecular weight is 346 g/mol. The van der Waals surface area contributed by atoms with Gasteiger partial charge in [0, 0.05) is 26.2 Å². The van der Waals surface area contributed by atoms with Gasteiger partial charge < -0.3 is 0 Å². The van der Waals surface area contributed by atoms with Gasteiger partial charge in [-0.3, -0.25) is 0 Å². The van der Waals surface area contributed by atoms with E-state index in [-0.39, 0.29) is 24.6 Å². The number of benzene rings is 1. The van der Waals surface area contributed by atoms with Crippen LogP contribution in [0.25, 0.3) is 0 Å². The molecule has 1 aromatic carbocycles. The quantitative estimate of drug-likeness (QED) is 0.766. The summed E-state index contributed by atoms with van der Waals surface area (Å²) in [5, 5.41) is 0. The first kappa shape index (κ1) is 17.4. The van der Waals surface area contributed by atoms with Crippen LogP contribution in [0, 0.1) is 0 Å². The van der Waals surface area contributed by atoms with Gasteiger partial charge in [0.15, 0.2) is 9.84 Å². The molecular formula is C14H22N2O4S2. The lowest BCUT2D eigenvalue weighted by molar-refractivity contribution is 0.317. The standard InChI is InChI=1S/C14H22N2O4S2/c1-3-16(14-9-10-21(17,18)12-14)22(19,20)15(2)11-13-7-5-4-6-8-13/h4-8,14H,3,9-12H2,1-2H3/t14-/m0/s1. The van der Waals surface area contributed by atoms with Gasteiger partial charge >= 0.3 is 0 Å². The van der Waals surface area contributed by atoms with E-state index in [1.807, 2.05) is 30.3 Å². The van der Waals surface area contributed by atoms with Gasteiger partial charge in [-0.25, -0.2) is 8.42 Å². The lowest BCUT2D eigenvalue weighted by Gasteiger charge is -2.30. The van der Waals surface area contributed by atoms with Gasteiger partial charge in [0.1, 0.15) is 0 Å². The Labute approximate surface area is 132 Å². The Kier molecular flexibility index (Phi) is 5.26. The molecule has 22 heavy (non-hydrogen) atoms. The minimum atomic E-state index is -3.68. The van der Waals surface area contributed by atoms with Crippen LogP contribution in [0.3, 0.4) is 0 Å². The number of sulfone groups is 1. The van der Waals surface area contributed by atoms with E-state index in [1.54, 1.807) is 6.92 Å². The van der Waals surface area contributed by atoms with Gasteiger partial charge in [-0.1, -0.05) is 37.3 Å². The average Bonchev–Trinajstić information content (AvgIpc) is 2.80. The second-order valence-electron chi connectivity index (χ2n) is 5.51. The number of hydrogen-bond acceptors (Lipinski definition) is 4. The highest BCUT2D eigenvalue weighted by atomic mass is 32.2. The zero-order valence-electron chi connectivity index (χ0n) is 12.8. The van der Waals surface area contributed by atoms with Crippen LogP contribution < -0.4 is 0 Å². The summed E-state index contributed by atoms with van der Waals surface area (Å²) in [6, 6.07) is 8.86. The molecule has 6 nitrogen and oxygen atoms in total. The maximum absolute atomic E-state index is 12.7. The summed E-state index contributed by atoms with van der Waals surface area (Å²) < 4.78 is 51.3. The van der Waals surface area contributed by atoms with Crippen molar-refractivity contribution >= 4 is 20.0 Å². The summed E-state index contributed by atoms with van der Waals surface area (Å²) in [4.78, 5) is 0. The first-order valence-corrected chi connectivity index (χ1v) is 10.5. The van der Waals surface area contributed by atoms with Crippen molar-refractivity contribution in [3.05, 3.63) is 35.9 Å². The van der Waals surface area contributed by atoms with E-state index in [9.17, 15) is 16.8 Å². The maximum Gasteiger partial charge on any atom is 0.282 e. The van der Waals surface area contributed by atoms with E-state index < -0.39 is 26.1 Å². The van der Waals surface area contributed by atoms with E-state index in [0.717, 1.165) is 5.56 Å². The normalized spacial score (nSPS) is 21.5. The van der Waals surface area contributed by atoms with Gasteiger partial charge in [-0.15, -0.1) is 0 Å². The van der Waals surface area contributed by atoms with Crippen molar-refractivity contribution in [2.24, 2.45) is 0 Å². The fourth-order valence-corrected chi connectivity index (χ4v) is 6.09. The molecule has 0 saturated carbocycles. The van der Waals surface area contributed by atoms with Crippen molar-refractivity contribution in [1.82, 2.24) is 8.61 Å². The Morgan fingerprint density at radius 1 is 1.23 bits per heavy atom. The molecule has 1 aromatic rings. The highest BCUT2D eigenvalue weighted by Gasteiger charge is 2.38. The molecule has 1 aliphatic rings. The monoisotopic (exact) mass is 346 g/mol. The van der Waals surface area contributed by atoms with Crippen LogP contribution in [0.1, 0.15) is 18.9 Å². The predicted molar refractivity (Wildman–Crippen MR) is 86.3 cm³/mol. The molecule has 2 rings (SSSR count). The van der Waals surface area contributed by atoms with Crippen molar-refractivity contribution < 1.29 is 16.8 Å². The molecule has 0 aromatic heterocycles. The van der Waals surface area contributed by atoms with Gasteiger partial charge in [-0.05, 0) is 12.0 Å². The van der Waals surface area contributed by atoms with Crippen molar-refractivity contribution in [3.8, 4) is 0 Å². The highest BCUT2D eigenvalue weighted by molar-refractivity contribution is 7.91. The van der Waals surface area contributed by atoms with Gasteiger partial charge in [0.2, 0.25) is 0 Å². The van der Waals surface area contributed by atoms with Crippen LogP contribution in [0.15, 0.2) is 30.3 Å². The van der Waals surface area contributed by atoms with E-state index >= 15 is 0 Å². The van der Waals surface area contributed by atoms with Gasteiger partial charge in [0.05, 0.1) is 11.5 Å². The molecule has 8 heteroatoms. The maximum atomic E-state index is 12.7. The summed E-state index contributed by atoms with van der Waals surface area (Å²) in [6.45, 7) is 2.26. The Balaban J connectivity index is 2.16. The largest absolute Gasteiger partial charge is 0.282 e. The summed E-state index contributed by atoms with van der Waals surface area (Å²) in [6.07, 6.45) is 0.370. The molecule has 0 spiro atoms.